The number of hydrogen-bond donors (Lipinski definition) is 2. The Morgan fingerprint density at radius 3 is 2.71 bits per heavy atom. The number of nitrogens with one attached hydrogen (secondary N) is 1. The van der Waals surface area contributed by atoms with E-state index in [1.54, 1.807) is 6.20 Å². The first kappa shape index (κ1) is 13.1. The van der Waals surface area contributed by atoms with Crippen molar-refractivity contribution in [2.24, 2.45) is 5.73 Å². The molecular weight excluding hydrogens is 264 g/mol. The molecule has 3 aromatic rings. The van der Waals surface area contributed by atoms with E-state index >= 15 is 0 Å². The number of para-hydroxylation sites is 2. The van der Waals surface area contributed by atoms with Crippen molar-refractivity contribution in [3.63, 3.8) is 0 Å². The van der Waals surface area contributed by atoms with Crippen LogP contribution in [0.3, 0.4) is 0 Å². The summed E-state index contributed by atoms with van der Waals surface area (Å²) in [7, 11) is 0. The van der Waals surface area contributed by atoms with E-state index in [0.29, 0.717) is 0 Å². The minimum Gasteiger partial charge on any atom is -0.376 e. The largest absolute Gasteiger partial charge is 0.376 e. The van der Waals surface area contributed by atoms with Crippen molar-refractivity contribution >= 4 is 22.6 Å². The molecule has 5 nitrogen and oxygen atoms in total. The fourth-order valence-corrected chi connectivity index (χ4v) is 2.07. The fourth-order valence-electron chi connectivity index (χ4n) is 2.07. The third-order valence-corrected chi connectivity index (χ3v) is 3.07. The minimum atomic E-state index is -0.397. The van der Waals surface area contributed by atoms with Crippen LogP contribution in [0.15, 0.2) is 54.7 Å². The number of carbonyl (C=O) groups is 1. The van der Waals surface area contributed by atoms with Crippen LogP contribution in [-0.4, -0.2) is 22.4 Å². The number of amides is 1. The summed E-state index contributed by atoms with van der Waals surface area (Å²) in [5, 5.41) is 2.97. The molecule has 3 rings (SSSR count). The molecule has 104 valence electrons. The molecule has 1 heterocycles. The fraction of sp³-hybridized carbons (Fsp3) is 0.0625. The van der Waals surface area contributed by atoms with Gasteiger partial charge in [-0.15, -0.1) is 0 Å². The van der Waals surface area contributed by atoms with Crippen LogP contribution in [0.4, 0.5) is 5.69 Å². The van der Waals surface area contributed by atoms with Crippen molar-refractivity contribution in [3.05, 3.63) is 54.7 Å². The molecule has 0 bridgehead atoms. The SMILES string of the molecule is NC(=O)CNc1cccc(-c2cnc3ccccc3n2)c1. The Morgan fingerprint density at radius 1 is 1.10 bits per heavy atom. The molecule has 0 radical (unpaired) electrons. The average Bonchev–Trinajstić information content (AvgIpc) is 2.53. The van der Waals surface area contributed by atoms with E-state index in [1.165, 1.54) is 0 Å². The maximum Gasteiger partial charge on any atom is 0.236 e. The molecule has 3 N–H and O–H groups in total. The van der Waals surface area contributed by atoms with Crippen molar-refractivity contribution in [1.29, 1.82) is 0 Å². The second kappa shape index (κ2) is 5.58. The van der Waals surface area contributed by atoms with Gasteiger partial charge in [0, 0.05) is 11.3 Å². The van der Waals surface area contributed by atoms with E-state index in [-0.39, 0.29) is 6.54 Å². The lowest BCUT2D eigenvalue weighted by atomic mass is 10.1. The number of aromatic nitrogens is 2. The van der Waals surface area contributed by atoms with Gasteiger partial charge in [-0.3, -0.25) is 9.78 Å². The summed E-state index contributed by atoms with van der Waals surface area (Å²) in [4.78, 5) is 19.8. The summed E-state index contributed by atoms with van der Waals surface area (Å²) in [6.45, 7) is 0.104. The van der Waals surface area contributed by atoms with Crippen LogP contribution >= 0.6 is 0 Å². The molecule has 0 fully saturated rings. The van der Waals surface area contributed by atoms with E-state index in [9.17, 15) is 4.79 Å². The number of nitrogens with two attached hydrogens (primary N) is 1. The van der Waals surface area contributed by atoms with Crippen molar-refractivity contribution in [2.45, 2.75) is 0 Å². The summed E-state index contributed by atoms with van der Waals surface area (Å²) >= 11 is 0. The third-order valence-electron chi connectivity index (χ3n) is 3.07. The smallest absolute Gasteiger partial charge is 0.236 e. The predicted octanol–water partition coefficient (Wildman–Crippen LogP) is 2.19. The van der Waals surface area contributed by atoms with Crippen molar-refractivity contribution in [3.8, 4) is 11.3 Å². The van der Waals surface area contributed by atoms with E-state index in [2.05, 4.69) is 15.3 Å². The first-order valence-electron chi connectivity index (χ1n) is 6.57. The molecule has 0 aliphatic rings. The zero-order chi connectivity index (χ0) is 14.7. The predicted molar refractivity (Wildman–Crippen MR) is 82.7 cm³/mol. The topological polar surface area (TPSA) is 80.9 Å². The maximum atomic E-state index is 10.8. The molecule has 0 saturated carbocycles. The molecule has 0 unspecified atom stereocenters. The lowest BCUT2D eigenvalue weighted by Gasteiger charge is -2.07. The molecule has 0 spiro atoms. The number of primary amides is 1. The summed E-state index contributed by atoms with van der Waals surface area (Å²) in [6, 6.07) is 15.4. The first-order valence-corrected chi connectivity index (χ1v) is 6.57. The van der Waals surface area contributed by atoms with Crippen LogP contribution in [0.25, 0.3) is 22.3 Å². The molecule has 21 heavy (non-hydrogen) atoms. The Kier molecular flexibility index (Phi) is 3.47. The van der Waals surface area contributed by atoms with Gasteiger partial charge in [-0.1, -0.05) is 24.3 Å². The maximum absolute atomic E-state index is 10.8. The van der Waals surface area contributed by atoms with Crippen molar-refractivity contribution in [2.75, 3.05) is 11.9 Å². The van der Waals surface area contributed by atoms with Gasteiger partial charge in [0.05, 0.1) is 29.5 Å². The second-order valence-corrected chi connectivity index (χ2v) is 4.64. The van der Waals surface area contributed by atoms with E-state index < -0.39 is 5.91 Å². The number of benzene rings is 2. The zero-order valence-corrected chi connectivity index (χ0v) is 11.3. The lowest BCUT2D eigenvalue weighted by molar-refractivity contribution is -0.116. The van der Waals surface area contributed by atoms with E-state index in [4.69, 9.17) is 5.73 Å². The Bertz CT molecular complexity index is 801. The van der Waals surface area contributed by atoms with E-state index in [1.807, 2.05) is 48.5 Å². The van der Waals surface area contributed by atoms with Crippen LogP contribution < -0.4 is 11.1 Å². The third kappa shape index (κ3) is 2.97. The van der Waals surface area contributed by atoms with Gasteiger partial charge < -0.3 is 11.1 Å². The minimum absolute atomic E-state index is 0.104. The van der Waals surface area contributed by atoms with Crippen molar-refractivity contribution < 1.29 is 4.79 Å². The van der Waals surface area contributed by atoms with Gasteiger partial charge >= 0.3 is 0 Å². The van der Waals surface area contributed by atoms with Gasteiger partial charge in [-0.05, 0) is 24.3 Å². The molecule has 0 atom stereocenters. The van der Waals surface area contributed by atoms with Crippen LogP contribution in [0, 0.1) is 0 Å². The van der Waals surface area contributed by atoms with Crippen LogP contribution in [-0.2, 0) is 4.79 Å². The number of carbonyl (C=O) groups excluding carboxylic acids is 1. The molecule has 0 aliphatic carbocycles. The molecule has 0 saturated heterocycles. The molecular formula is C16H14N4O. The average molecular weight is 278 g/mol. The van der Waals surface area contributed by atoms with E-state index in [0.717, 1.165) is 28.0 Å². The van der Waals surface area contributed by atoms with Crippen LogP contribution in [0.1, 0.15) is 0 Å². The van der Waals surface area contributed by atoms with Gasteiger partial charge in [-0.2, -0.15) is 0 Å². The number of nitrogens with zero attached hydrogens (tertiary/aromatic N) is 2. The summed E-state index contributed by atoms with van der Waals surface area (Å²) in [5.74, 6) is -0.397. The highest BCUT2D eigenvalue weighted by Crippen LogP contribution is 2.22. The first-order chi connectivity index (χ1) is 10.2. The highest BCUT2D eigenvalue weighted by Gasteiger charge is 2.04. The Morgan fingerprint density at radius 2 is 1.90 bits per heavy atom. The van der Waals surface area contributed by atoms with Gasteiger partial charge in [0.25, 0.3) is 0 Å². The molecule has 1 amide bonds. The van der Waals surface area contributed by atoms with Crippen LogP contribution in [0.2, 0.25) is 0 Å². The number of rotatable bonds is 4. The van der Waals surface area contributed by atoms with Crippen LogP contribution in [0.5, 0.6) is 0 Å². The zero-order valence-electron chi connectivity index (χ0n) is 11.3. The Balaban J connectivity index is 1.94. The number of hydrogen-bond acceptors (Lipinski definition) is 4. The highest BCUT2D eigenvalue weighted by molar-refractivity contribution is 5.80. The van der Waals surface area contributed by atoms with Gasteiger partial charge in [0.15, 0.2) is 0 Å². The summed E-state index contributed by atoms with van der Waals surface area (Å²) < 4.78 is 0. The highest BCUT2D eigenvalue weighted by atomic mass is 16.1. The standard InChI is InChI=1S/C16H14N4O/c17-16(21)10-18-12-5-3-4-11(8-12)15-9-19-13-6-1-2-7-14(13)20-15/h1-9,18H,10H2,(H2,17,21). The van der Waals surface area contributed by atoms with Crippen molar-refractivity contribution in [1.82, 2.24) is 9.97 Å². The Hall–Kier alpha value is -2.95. The number of anilines is 1. The van der Waals surface area contributed by atoms with Gasteiger partial charge in [0.1, 0.15) is 0 Å². The second-order valence-electron chi connectivity index (χ2n) is 4.64. The van der Waals surface area contributed by atoms with Gasteiger partial charge in [0.2, 0.25) is 5.91 Å². The molecule has 0 aliphatic heterocycles. The normalized spacial score (nSPS) is 10.5. The van der Waals surface area contributed by atoms with Gasteiger partial charge in [-0.25, -0.2) is 4.98 Å². The molecule has 2 aromatic carbocycles. The lowest BCUT2D eigenvalue weighted by Crippen LogP contribution is -2.21. The molecule has 1 aromatic heterocycles. The monoisotopic (exact) mass is 278 g/mol. The summed E-state index contributed by atoms with van der Waals surface area (Å²) in [6.07, 6.45) is 1.75. The molecule has 5 heteroatoms. The summed E-state index contributed by atoms with van der Waals surface area (Å²) in [5.41, 5.74) is 9.39. The number of fused-ring (bicyclic) bond motifs is 1. The quantitative estimate of drug-likeness (QED) is 0.766. The Labute approximate surface area is 121 Å².